The smallest absolute Gasteiger partial charge is 0.267 e. The fourth-order valence-electron chi connectivity index (χ4n) is 3.06. The van der Waals surface area contributed by atoms with E-state index in [1.165, 1.54) is 16.3 Å². The van der Waals surface area contributed by atoms with Gasteiger partial charge in [0.2, 0.25) is 0 Å². The summed E-state index contributed by atoms with van der Waals surface area (Å²) in [5, 5.41) is 2.36. The number of fused-ring (bicyclic) bond motifs is 1. The Morgan fingerprint density at radius 3 is 2.62 bits per heavy atom. The SMILES string of the molecule is Cc1ccc2ccccc2c1Cn1c(=O)ccn1-c1ccccn1. The highest BCUT2D eigenvalue weighted by Gasteiger charge is 2.11. The predicted molar refractivity (Wildman–Crippen MR) is 95.6 cm³/mol. The van der Waals surface area contributed by atoms with E-state index in [4.69, 9.17) is 0 Å². The molecule has 2 aromatic carbocycles. The Labute approximate surface area is 139 Å². The number of benzene rings is 2. The number of rotatable bonds is 3. The van der Waals surface area contributed by atoms with Gasteiger partial charge in [0, 0.05) is 18.5 Å². The molecule has 0 spiro atoms. The molecule has 118 valence electrons. The lowest BCUT2D eigenvalue weighted by molar-refractivity contribution is 0.578. The van der Waals surface area contributed by atoms with E-state index in [-0.39, 0.29) is 5.56 Å². The first-order chi connectivity index (χ1) is 11.7. The Morgan fingerprint density at radius 1 is 0.958 bits per heavy atom. The molecule has 0 amide bonds. The number of hydrogen-bond donors (Lipinski definition) is 0. The van der Waals surface area contributed by atoms with Crippen LogP contribution in [0, 0.1) is 6.92 Å². The highest BCUT2D eigenvalue weighted by atomic mass is 16.1. The molecule has 0 saturated carbocycles. The van der Waals surface area contributed by atoms with Gasteiger partial charge in [-0.2, -0.15) is 0 Å². The van der Waals surface area contributed by atoms with E-state index < -0.39 is 0 Å². The van der Waals surface area contributed by atoms with E-state index in [1.54, 1.807) is 23.1 Å². The fraction of sp³-hybridized carbons (Fsp3) is 0.100. The summed E-state index contributed by atoms with van der Waals surface area (Å²) in [6.07, 6.45) is 3.50. The zero-order chi connectivity index (χ0) is 16.5. The first-order valence-electron chi connectivity index (χ1n) is 7.91. The molecule has 0 aliphatic rings. The Bertz CT molecular complexity index is 1060. The summed E-state index contributed by atoms with van der Waals surface area (Å²) in [5.74, 6) is 0.734. The topological polar surface area (TPSA) is 39.8 Å². The van der Waals surface area contributed by atoms with Gasteiger partial charge >= 0.3 is 0 Å². The van der Waals surface area contributed by atoms with E-state index in [0.717, 1.165) is 11.4 Å². The molecule has 4 heteroatoms. The summed E-state index contributed by atoms with van der Waals surface area (Å²) in [7, 11) is 0. The molecule has 0 fully saturated rings. The molecule has 4 aromatic rings. The van der Waals surface area contributed by atoms with Crippen molar-refractivity contribution in [1.82, 2.24) is 14.3 Å². The van der Waals surface area contributed by atoms with Crippen molar-refractivity contribution in [1.29, 1.82) is 0 Å². The van der Waals surface area contributed by atoms with Gasteiger partial charge in [0.05, 0.1) is 6.54 Å². The van der Waals surface area contributed by atoms with Crippen molar-refractivity contribution in [2.45, 2.75) is 13.5 Å². The molecule has 2 heterocycles. The number of pyridine rings is 1. The molecule has 0 saturated heterocycles. The second kappa shape index (κ2) is 5.81. The van der Waals surface area contributed by atoms with Crippen molar-refractivity contribution in [3.8, 4) is 5.82 Å². The minimum absolute atomic E-state index is 0.0343. The number of aryl methyl sites for hydroxylation is 1. The van der Waals surface area contributed by atoms with E-state index in [9.17, 15) is 4.79 Å². The van der Waals surface area contributed by atoms with Crippen molar-refractivity contribution in [2.24, 2.45) is 0 Å². The molecule has 4 nitrogen and oxygen atoms in total. The average molecular weight is 315 g/mol. The zero-order valence-corrected chi connectivity index (χ0v) is 13.4. The van der Waals surface area contributed by atoms with Crippen LogP contribution in [0.2, 0.25) is 0 Å². The van der Waals surface area contributed by atoms with Gasteiger partial charge in [-0.15, -0.1) is 0 Å². The molecule has 0 atom stereocenters. The standard InChI is InChI=1S/C20H17N3O/c1-15-9-10-16-6-2-3-7-17(16)18(15)14-23-20(24)11-13-22(23)19-8-4-5-12-21-19/h2-13H,14H2,1H3. The van der Waals surface area contributed by atoms with Gasteiger partial charge in [-0.05, 0) is 41.0 Å². The Hall–Kier alpha value is -3.14. The number of aromatic nitrogens is 3. The predicted octanol–water partition coefficient (Wildman–Crippen LogP) is 3.54. The van der Waals surface area contributed by atoms with E-state index in [2.05, 4.69) is 36.2 Å². The van der Waals surface area contributed by atoms with Crippen LogP contribution in [0.3, 0.4) is 0 Å². The summed E-state index contributed by atoms with van der Waals surface area (Å²) >= 11 is 0. The third kappa shape index (κ3) is 2.42. The second-order valence-corrected chi connectivity index (χ2v) is 5.83. The van der Waals surface area contributed by atoms with E-state index in [0.29, 0.717) is 6.54 Å². The Kier molecular flexibility index (Phi) is 3.50. The van der Waals surface area contributed by atoms with Crippen LogP contribution in [0.25, 0.3) is 16.6 Å². The van der Waals surface area contributed by atoms with Crippen molar-refractivity contribution in [2.75, 3.05) is 0 Å². The number of nitrogens with zero attached hydrogens (tertiary/aromatic N) is 3. The molecule has 24 heavy (non-hydrogen) atoms. The van der Waals surface area contributed by atoms with Crippen LogP contribution in [0.1, 0.15) is 11.1 Å². The van der Waals surface area contributed by atoms with Gasteiger partial charge < -0.3 is 0 Å². The maximum atomic E-state index is 12.4. The third-order valence-corrected chi connectivity index (χ3v) is 4.34. The summed E-state index contributed by atoms with van der Waals surface area (Å²) in [5.41, 5.74) is 2.30. The molecular formula is C20H17N3O. The fourth-order valence-corrected chi connectivity index (χ4v) is 3.06. The quantitative estimate of drug-likeness (QED) is 0.580. The molecule has 2 aromatic heterocycles. The zero-order valence-electron chi connectivity index (χ0n) is 13.4. The number of hydrogen-bond acceptors (Lipinski definition) is 2. The highest BCUT2D eigenvalue weighted by Crippen LogP contribution is 2.23. The molecule has 0 radical (unpaired) electrons. The average Bonchev–Trinajstić information content (AvgIpc) is 2.99. The third-order valence-electron chi connectivity index (χ3n) is 4.34. The minimum atomic E-state index is -0.0343. The van der Waals surface area contributed by atoms with Crippen LogP contribution < -0.4 is 5.56 Å². The van der Waals surface area contributed by atoms with Crippen molar-refractivity contribution >= 4 is 10.8 Å². The second-order valence-electron chi connectivity index (χ2n) is 5.83. The van der Waals surface area contributed by atoms with Gasteiger partial charge in [-0.1, -0.05) is 42.5 Å². The van der Waals surface area contributed by atoms with E-state index in [1.807, 2.05) is 35.0 Å². The van der Waals surface area contributed by atoms with Gasteiger partial charge in [-0.25, -0.2) is 14.3 Å². The molecule has 0 N–H and O–H groups in total. The summed E-state index contributed by atoms with van der Waals surface area (Å²) in [4.78, 5) is 16.7. The van der Waals surface area contributed by atoms with Crippen LogP contribution in [-0.2, 0) is 6.54 Å². The Balaban J connectivity index is 1.87. The first-order valence-corrected chi connectivity index (χ1v) is 7.91. The van der Waals surface area contributed by atoms with Gasteiger partial charge in [0.15, 0.2) is 5.82 Å². The van der Waals surface area contributed by atoms with Crippen molar-refractivity contribution in [3.05, 3.63) is 94.5 Å². The Morgan fingerprint density at radius 2 is 1.79 bits per heavy atom. The lowest BCUT2D eigenvalue weighted by atomic mass is 10.00. The normalized spacial score (nSPS) is 11.0. The van der Waals surface area contributed by atoms with Gasteiger partial charge in [-0.3, -0.25) is 4.79 Å². The lowest BCUT2D eigenvalue weighted by Gasteiger charge is -2.14. The summed E-state index contributed by atoms with van der Waals surface area (Å²) in [6, 6.07) is 19.8. The largest absolute Gasteiger partial charge is 0.268 e. The van der Waals surface area contributed by atoms with Crippen LogP contribution in [0.15, 0.2) is 77.9 Å². The van der Waals surface area contributed by atoms with Crippen LogP contribution in [0.4, 0.5) is 0 Å². The summed E-state index contributed by atoms with van der Waals surface area (Å²) < 4.78 is 3.53. The molecular weight excluding hydrogens is 298 g/mol. The first kappa shape index (κ1) is 14.5. The minimum Gasteiger partial charge on any atom is -0.268 e. The highest BCUT2D eigenvalue weighted by molar-refractivity contribution is 5.86. The monoisotopic (exact) mass is 315 g/mol. The maximum Gasteiger partial charge on any atom is 0.267 e. The molecule has 0 bridgehead atoms. The van der Waals surface area contributed by atoms with Crippen molar-refractivity contribution in [3.63, 3.8) is 0 Å². The lowest BCUT2D eigenvalue weighted by Crippen LogP contribution is -2.23. The molecule has 4 rings (SSSR count). The van der Waals surface area contributed by atoms with Gasteiger partial charge in [0.25, 0.3) is 5.56 Å². The van der Waals surface area contributed by atoms with Gasteiger partial charge in [0.1, 0.15) is 0 Å². The van der Waals surface area contributed by atoms with Crippen LogP contribution >= 0.6 is 0 Å². The van der Waals surface area contributed by atoms with Crippen LogP contribution in [0.5, 0.6) is 0 Å². The summed E-state index contributed by atoms with van der Waals surface area (Å²) in [6.45, 7) is 2.59. The van der Waals surface area contributed by atoms with E-state index >= 15 is 0 Å². The maximum absolute atomic E-state index is 12.4. The molecule has 0 unspecified atom stereocenters. The van der Waals surface area contributed by atoms with Crippen molar-refractivity contribution < 1.29 is 0 Å². The molecule has 0 aliphatic heterocycles. The molecule has 0 aliphatic carbocycles. The van der Waals surface area contributed by atoms with Crippen LogP contribution in [-0.4, -0.2) is 14.3 Å².